The smallest absolute Gasteiger partial charge is 0.0962 e. The van der Waals surface area contributed by atoms with Crippen molar-refractivity contribution in [2.75, 3.05) is 13.7 Å². The zero-order valence-electron chi connectivity index (χ0n) is 10.5. The van der Waals surface area contributed by atoms with Gasteiger partial charge in [0.25, 0.3) is 0 Å². The predicted octanol–water partition coefficient (Wildman–Crippen LogP) is 2.33. The molecule has 0 saturated carbocycles. The maximum Gasteiger partial charge on any atom is 0.0962 e. The van der Waals surface area contributed by atoms with Crippen LogP contribution in [-0.2, 0) is 4.74 Å². The summed E-state index contributed by atoms with van der Waals surface area (Å²) in [7, 11) is 1.67. The third kappa shape index (κ3) is 2.97. The van der Waals surface area contributed by atoms with E-state index in [1.807, 2.05) is 36.4 Å². The monoisotopic (exact) mass is 246 g/mol. The average molecular weight is 246 g/mol. The molecule has 2 aromatic rings. The van der Waals surface area contributed by atoms with Gasteiger partial charge in [0, 0.05) is 19.9 Å². The number of methoxy groups -OCH3 is 1. The molecule has 1 aromatic carbocycles. The molecule has 4 nitrogen and oxygen atoms in total. The van der Waals surface area contributed by atoms with Crippen molar-refractivity contribution in [2.24, 2.45) is 0 Å². The fourth-order valence-electron chi connectivity index (χ4n) is 1.92. The van der Waals surface area contributed by atoms with E-state index in [0.29, 0.717) is 13.0 Å². The minimum Gasteiger partial charge on any atom is -0.387 e. The Balaban J connectivity index is 2.12. The molecule has 0 aliphatic rings. The lowest BCUT2D eigenvalue weighted by Crippen LogP contribution is -2.08. The van der Waals surface area contributed by atoms with Crippen LogP contribution in [0.5, 0.6) is 0 Å². The summed E-state index contributed by atoms with van der Waals surface area (Å²) in [4.78, 5) is 0. The minimum atomic E-state index is -0.511. The van der Waals surface area contributed by atoms with Crippen LogP contribution in [0.1, 0.15) is 24.6 Å². The number of aromatic nitrogens is 2. The van der Waals surface area contributed by atoms with Gasteiger partial charge in [-0.25, -0.2) is 4.68 Å². The number of rotatable bonds is 6. The Morgan fingerprint density at radius 2 is 2.06 bits per heavy atom. The Morgan fingerprint density at radius 1 is 1.28 bits per heavy atom. The molecule has 1 N–H and O–H groups in total. The average Bonchev–Trinajstić information content (AvgIpc) is 2.89. The van der Waals surface area contributed by atoms with Gasteiger partial charge in [-0.3, -0.25) is 0 Å². The zero-order chi connectivity index (χ0) is 12.8. The van der Waals surface area contributed by atoms with Gasteiger partial charge in [0.15, 0.2) is 0 Å². The number of hydrogen-bond acceptors (Lipinski definition) is 3. The second-order valence-electron chi connectivity index (χ2n) is 4.15. The number of aliphatic hydroxyl groups is 1. The number of hydrogen-bond donors (Lipinski definition) is 1. The van der Waals surface area contributed by atoms with E-state index >= 15 is 0 Å². The molecule has 1 atom stereocenters. The van der Waals surface area contributed by atoms with Gasteiger partial charge in [-0.05, 0) is 31.0 Å². The first kappa shape index (κ1) is 12.8. The highest BCUT2D eigenvalue weighted by Gasteiger charge is 2.13. The topological polar surface area (TPSA) is 47.3 Å². The van der Waals surface area contributed by atoms with E-state index in [9.17, 15) is 5.11 Å². The summed E-state index contributed by atoms with van der Waals surface area (Å²) in [5, 5.41) is 14.4. The van der Waals surface area contributed by atoms with Crippen molar-refractivity contribution >= 4 is 0 Å². The van der Waals surface area contributed by atoms with Gasteiger partial charge in [0.1, 0.15) is 0 Å². The molecule has 0 aliphatic carbocycles. The third-order valence-corrected chi connectivity index (χ3v) is 2.84. The van der Waals surface area contributed by atoms with E-state index in [-0.39, 0.29) is 0 Å². The number of nitrogens with zero attached hydrogens (tertiary/aromatic N) is 2. The summed E-state index contributed by atoms with van der Waals surface area (Å²) in [6.45, 7) is 0.663. The number of benzene rings is 1. The lowest BCUT2D eigenvalue weighted by atomic mass is 10.1. The molecular formula is C14H18N2O2. The summed E-state index contributed by atoms with van der Waals surface area (Å²) < 4.78 is 6.77. The van der Waals surface area contributed by atoms with Gasteiger partial charge < -0.3 is 9.84 Å². The van der Waals surface area contributed by atoms with E-state index in [2.05, 4.69) is 5.10 Å². The van der Waals surface area contributed by atoms with Gasteiger partial charge in [0.2, 0.25) is 0 Å². The highest BCUT2D eigenvalue weighted by molar-refractivity contribution is 5.32. The molecule has 0 spiro atoms. The molecule has 18 heavy (non-hydrogen) atoms. The first-order valence-corrected chi connectivity index (χ1v) is 6.09. The van der Waals surface area contributed by atoms with Gasteiger partial charge in [-0.15, -0.1) is 0 Å². The van der Waals surface area contributed by atoms with E-state index < -0.39 is 6.10 Å². The Hall–Kier alpha value is -1.65. The lowest BCUT2D eigenvalue weighted by molar-refractivity contribution is 0.131. The van der Waals surface area contributed by atoms with Crippen LogP contribution in [0.4, 0.5) is 0 Å². The molecule has 2 rings (SSSR count). The number of ether oxygens (including phenoxy) is 1. The minimum absolute atomic E-state index is 0.511. The van der Waals surface area contributed by atoms with Crippen LogP contribution in [0.15, 0.2) is 42.6 Å². The van der Waals surface area contributed by atoms with Crippen LogP contribution in [-0.4, -0.2) is 28.6 Å². The fourth-order valence-corrected chi connectivity index (χ4v) is 1.92. The van der Waals surface area contributed by atoms with Crippen molar-refractivity contribution in [1.82, 2.24) is 9.78 Å². The Bertz CT molecular complexity index is 468. The maximum absolute atomic E-state index is 10.2. The van der Waals surface area contributed by atoms with Gasteiger partial charge in [0.05, 0.1) is 17.5 Å². The van der Waals surface area contributed by atoms with Crippen LogP contribution in [0, 0.1) is 0 Å². The van der Waals surface area contributed by atoms with Gasteiger partial charge in [-0.1, -0.05) is 18.2 Å². The molecule has 1 aromatic heterocycles. The molecule has 0 aliphatic heterocycles. The highest BCUT2D eigenvalue weighted by Crippen LogP contribution is 2.20. The first-order chi connectivity index (χ1) is 8.83. The van der Waals surface area contributed by atoms with Crippen molar-refractivity contribution in [1.29, 1.82) is 0 Å². The number of aliphatic hydroxyl groups excluding tert-OH is 1. The summed E-state index contributed by atoms with van der Waals surface area (Å²) >= 11 is 0. The highest BCUT2D eigenvalue weighted by atomic mass is 16.5. The summed E-state index contributed by atoms with van der Waals surface area (Å²) in [5.74, 6) is 0. The Labute approximate surface area is 107 Å². The van der Waals surface area contributed by atoms with Crippen LogP contribution in [0.2, 0.25) is 0 Å². The van der Waals surface area contributed by atoms with E-state index in [0.717, 1.165) is 17.8 Å². The summed E-state index contributed by atoms with van der Waals surface area (Å²) in [6, 6.07) is 11.7. The van der Waals surface area contributed by atoms with Crippen LogP contribution in [0.25, 0.3) is 5.69 Å². The van der Waals surface area contributed by atoms with Crippen molar-refractivity contribution in [3.05, 3.63) is 48.3 Å². The largest absolute Gasteiger partial charge is 0.387 e. The van der Waals surface area contributed by atoms with Crippen LogP contribution >= 0.6 is 0 Å². The third-order valence-electron chi connectivity index (χ3n) is 2.84. The second-order valence-corrected chi connectivity index (χ2v) is 4.15. The molecule has 1 unspecified atom stereocenters. The van der Waals surface area contributed by atoms with E-state index in [1.54, 1.807) is 18.0 Å². The molecule has 1 heterocycles. The maximum atomic E-state index is 10.2. The summed E-state index contributed by atoms with van der Waals surface area (Å²) in [5.41, 5.74) is 1.78. The molecule has 0 amide bonds. The van der Waals surface area contributed by atoms with Crippen molar-refractivity contribution in [2.45, 2.75) is 18.9 Å². The molecule has 0 bridgehead atoms. The summed E-state index contributed by atoms with van der Waals surface area (Å²) in [6.07, 6.45) is 2.70. The van der Waals surface area contributed by atoms with Gasteiger partial charge in [-0.2, -0.15) is 5.10 Å². The molecule has 4 heteroatoms. The Kier molecular flexibility index (Phi) is 4.50. The fraction of sp³-hybridized carbons (Fsp3) is 0.357. The second kappa shape index (κ2) is 6.33. The molecule has 0 saturated heterocycles. The van der Waals surface area contributed by atoms with Crippen molar-refractivity contribution < 1.29 is 9.84 Å². The van der Waals surface area contributed by atoms with Crippen molar-refractivity contribution in [3.8, 4) is 5.69 Å². The molecule has 0 fully saturated rings. The van der Waals surface area contributed by atoms with E-state index in [1.165, 1.54) is 0 Å². The molecule has 96 valence electrons. The van der Waals surface area contributed by atoms with Crippen molar-refractivity contribution in [3.63, 3.8) is 0 Å². The zero-order valence-corrected chi connectivity index (χ0v) is 10.5. The standard InChI is InChI=1S/C14H18N2O2/c1-18-11-5-8-14(17)13-9-10-15-16(13)12-6-3-2-4-7-12/h2-4,6-7,9-10,14,17H,5,8,11H2,1H3. The normalized spacial score (nSPS) is 12.6. The SMILES string of the molecule is COCCCC(O)c1ccnn1-c1ccccc1. The molecular weight excluding hydrogens is 228 g/mol. The van der Waals surface area contributed by atoms with Gasteiger partial charge >= 0.3 is 0 Å². The number of para-hydroxylation sites is 1. The Morgan fingerprint density at radius 3 is 2.78 bits per heavy atom. The predicted molar refractivity (Wildman–Crippen MR) is 69.6 cm³/mol. The lowest BCUT2D eigenvalue weighted by Gasteiger charge is -2.13. The molecule has 0 radical (unpaired) electrons. The van der Waals surface area contributed by atoms with E-state index in [4.69, 9.17) is 4.74 Å². The van der Waals surface area contributed by atoms with Crippen LogP contribution < -0.4 is 0 Å². The first-order valence-electron chi connectivity index (χ1n) is 6.09. The quantitative estimate of drug-likeness (QED) is 0.796. The van der Waals surface area contributed by atoms with Crippen LogP contribution in [0.3, 0.4) is 0 Å².